The minimum absolute atomic E-state index is 0.0672. The van der Waals surface area contributed by atoms with E-state index in [4.69, 9.17) is 10.5 Å². The van der Waals surface area contributed by atoms with Gasteiger partial charge < -0.3 is 20.7 Å². The van der Waals surface area contributed by atoms with Crippen molar-refractivity contribution in [3.05, 3.63) is 149 Å². The Morgan fingerprint density at radius 3 is 2.27 bits per heavy atom. The number of nitrogens with one attached hydrogen (secondary N) is 1. The number of nitrogens with zero attached hydrogens (tertiary/aromatic N) is 1. The second-order valence-electron chi connectivity index (χ2n) is 11.3. The van der Waals surface area contributed by atoms with Gasteiger partial charge in [0.2, 0.25) is 11.8 Å². The lowest BCUT2D eigenvalue weighted by Gasteiger charge is -2.25. The first kappa shape index (κ1) is 34.6. The summed E-state index contributed by atoms with van der Waals surface area (Å²) in [4.78, 5) is 39.4. The molecule has 0 atom stereocenters. The second-order valence-corrected chi connectivity index (χ2v) is 11.3. The van der Waals surface area contributed by atoms with E-state index in [1.54, 1.807) is 48.5 Å². The van der Waals surface area contributed by atoms with Crippen molar-refractivity contribution in [1.29, 1.82) is 0 Å². The van der Waals surface area contributed by atoms with Crippen molar-refractivity contribution >= 4 is 23.8 Å². The maximum Gasteiger partial charge on any atom is 0.416 e. The third kappa shape index (κ3) is 9.21. The Labute approximate surface area is 282 Å². The molecule has 0 saturated heterocycles. The number of ether oxygens (including phenoxy) is 1. The van der Waals surface area contributed by atoms with Gasteiger partial charge in [-0.2, -0.15) is 13.2 Å². The van der Waals surface area contributed by atoms with Crippen LogP contribution >= 0.6 is 0 Å². The fourth-order valence-corrected chi connectivity index (χ4v) is 5.30. The molecule has 0 fully saturated rings. The molecule has 0 heterocycles. The number of hydrogen-bond donors (Lipinski definition) is 2. The Morgan fingerprint density at radius 2 is 1.51 bits per heavy atom. The van der Waals surface area contributed by atoms with E-state index in [-0.39, 0.29) is 37.4 Å². The number of benzene rings is 5. The number of carbonyl (C=O) groups is 3. The van der Waals surface area contributed by atoms with E-state index in [0.29, 0.717) is 29.3 Å². The molecule has 0 radical (unpaired) electrons. The Hall–Kier alpha value is -5.74. The smallest absolute Gasteiger partial charge is 0.416 e. The van der Waals surface area contributed by atoms with Gasteiger partial charge in [0.25, 0.3) is 0 Å². The lowest BCUT2D eigenvalue weighted by molar-refractivity contribution is -0.138. The first-order valence-corrected chi connectivity index (χ1v) is 15.6. The number of anilines is 1. The summed E-state index contributed by atoms with van der Waals surface area (Å²) < 4.78 is 46.5. The molecule has 49 heavy (non-hydrogen) atoms. The number of hydrogen-bond acceptors (Lipinski definition) is 5. The fourth-order valence-electron chi connectivity index (χ4n) is 5.30. The largest absolute Gasteiger partial charge is 0.455 e. The number of rotatable bonds is 13. The van der Waals surface area contributed by atoms with Crippen LogP contribution < -0.4 is 20.7 Å². The molecular weight excluding hydrogens is 631 g/mol. The Morgan fingerprint density at radius 1 is 0.776 bits per heavy atom. The highest BCUT2D eigenvalue weighted by molar-refractivity contribution is 5.96. The van der Waals surface area contributed by atoms with Crippen LogP contribution in [-0.4, -0.2) is 18.1 Å². The molecule has 5 aromatic carbocycles. The maximum atomic E-state index is 13.9. The molecule has 0 unspecified atom stereocenters. The molecule has 0 aliphatic rings. The van der Waals surface area contributed by atoms with Crippen LogP contribution in [-0.2, 0) is 35.4 Å². The van der Waals surface area contributed by atoms with Crippen molar-refractivity contribution in [3.8, 4) is 22.6 Å². The van der Waals surface area contributed by atoms with Crippen LogP contribution in [0.2, 0.25) is 0 Å². The molecule has 0 bridgehead atoms. The third-order valence-electron chi connectivity index (χ3n) is 7.83. The third-order valence-corrected chi connectivity index (χ3v) is 7.83. The van der Waals surface area contributed by atoms with Gasteiger partial charge in [0.05, 0.1) is 17.8 Å². The van der Waals surface area contributed by atoms with Crippen LogP contribution in [0.15, 0.2) is 121 Å². The molecule has 0 spiro atoms. The van der Waals surface area contributed by atoms with Gasteiger partial charge in [-0.1, -0.05) is 84.9 Å². The summed E-state index contributed by atoms with van der Waals surface area (Å²) in [6, 6.07) is 34.1. The summed E-state index contributed by atoms with van der Waals surface area (Å²) in [6.07, 6.45) is -4.22. The minimum Gasteiger partial charge on any atom is -0.455 e. The Kier molecular flexibility index (Phi) is 11.2. The van der Waals surface area contributed by atoms with Crippen molar-refractivity contribution in [2.45, 2.75) is 38.7 Å². The van der Waals surface area contributed by atoms with Crippen LogP contribution in [0.25, 0.3) is 11.1 Å². The molecule has 0 saturated carbocycles. The minimum atomic E-state index is -4.56. The van der Waals surface area contributed by atoms with E-state index in [1.807, 2.05) is 48.5 Å². The SMILES string of the molecule is NCc1cccc(Oc2ccccc2N(Cc2ccc(-c3cccc(C=O)c3)cc2)C(=O)CCC(=O)NCc2ccccc2C(F)(F)F)c1. The number of aldehydes is 1. The van der Waals surface area contributed by atoms with Gasteiger partial charge in [-0.05, 0) is 64.2 Å². The van der Waals surface area contributed by atoms with E-state index in [9.17, 15) is 27.6 Å². The van der Waals surface area contributed by atoms with Crippen molar-refractivity contribution < 1.29 is 32.3 Å². The van der Waals surface area contributed by atoms with E-state index < -0.39 is 17.6 Å². The quantitative estimate of drug-likeness (QED) is 0.124. The number of para-hydroxylation sites is 2. The van der Waals surface area contributed by atoms with Crippen molar-refractivity contribution in [2.24, 2.45) is 5.73 Å². The van der Waals surface area contributed by atoms with Gasteiger partial charge in [0, 0.05) is 31.5 Å². The van der Waals surface area contributed by atoms with Gasteiger partial charge in [0.1, 0.15) is 12.0 Å². The Balaban J connectivity index is 1.36. The highest BCUT2D eigenvalue weighted by atomic mass is 19.4. The molecule has 0 aromatic heterocycles. The summed E-state index contributed by atoms with van der Waals surface area (Å²) in [5, 5.41) is 2.51. The highest BCUT2D eigenvalue weighted by Gasteiger charge is 2.33. The van der Waals surface area contributed by atoms with Gasteiger partial charge in [0.15, 0.2) is 5.75 Å². The topological polar surface area (TPSA) is 102 Å². The summed E-state index contributed by atoms with van der Waals surface area (Å²) >= 11 is 0. The normalized spacial score (nSPS) is 11.1. The number of amides is 2. The van der Waals surface area contributed by atoms with Gasteiger partial charge in [-0.15, -0.1) is 0 Å². The zero-order chi connectivity index (χ0) is 34.8. The molecule has 5 rings (SSSR count). The number of halogens is 3. The van der Waals surface area contributed by atoms with E-state index in [0.717, 1.165) is 34.6 Å². The summed E-state index contributed by atoms with van der Waals surface area (Å²) in [7, 11) is 0. The first-order chi connectivity index (χ1) is 23.6. The molecule has 0 aliphatic carbocycles. The second kappa shape index (κ2) is 15.9. The van der Waals surface area contributed by atoms with Gasteiger partial charge in [-0.25, -0.2) is 0 Å². The number of carbonyl (C=O) groups excluding carboxylic acids is 3. The molecule has 2 amide bonds. The molecule has 3 N–H and O–H groups in total. The average Bonchev–Trinajstić information content (AvgIpc) is 3.12. The van der Waals surface area contributed by atoms with Crippen molar-refractivity contribution in [3.63, 3.8) is 0 Å². The van der Waals surface area contributed by atoms with Gasteiger partial charge in [-0.3, -0.25) is 14.4 Å². The average molecular weight is 666 g/mol. The van der Waals surface area contributed by atoms with E-state index in [1.165, 1.54) is 23.1 Å². The van der Waals surface area contributed by atoms with Crippen molar-refractivity contribution in [1.82, 2.24) is 5.32 Å². The zero-order valence-electron chi connectivity index (χ0n) is 26.5. The monoisotopic (exact) mass is 665 g/mol. The fraction of sp³-hybridized carbons (Fsp3) is 0.154. The maximum absolute atomic E-state index is 13.9. The van der Waals surface area contributed by atoms with Crippen LogP contribution in [0.1, 0.15) is 45.5 Å². The predicted octanol–water partition coefficient (Wildman–Crippen LogP) is 8.07. The lowest BCUT2D eigenvalue weighted by atomic mass is 10.0. The summed E-state index contributed by atoms with van der Waals surface area (Å²) in [5.41, 5.74) is 9.35. The van der Waals surface area contributed by atoms with Crippen LogP contribution in [0.3, 0.4) is 0 Å². The zero-order valence-corrected chi connectivity index (χ0v) is 26.5. The molecule has 10 heteroatoms. The van der Waals surface area contributed by atoms with E-state index >= 15 is 0 Å². The molecule has 0 aliphatic heterocycles. The van der Waals surface area contributed by atoms with Gasteiger partial charge >= 0.3 is 6.18 Å². The number of nitrogens with two attached hydrogens (primary N) is 1. The first-order valence-electron chi connectivity index (χ1n) is 15.6. The van der Waals surface area contributed by atoms with Crippen LogP contribution in [0.5, 0.6) is 11.5 Å². The Bertz CT molecular complexity index is 1930. The predicted molar refractivity (Wildman–Crippen MR) is 182 cm³/mol. The van der Waals surface area contributed by atoms with Crippen LogP contribution in [0, 0.1) is 0 Å². The lowest BCUT2D eigenvalue weighted by Crippen LogP contribution is -2.32. The standard InChI is InChI=1S/C39H34F3N3O4/c40-39(41,42)34-12-2-1-9-32(34)24-44-37(47)19-20-38(48)45(25-27-15-17-30(18-16-27)31-10-5-8-29(21-31)26-46)35-13-3-4-14-36(35)49-33-11-6-7-28(22-33)23-43/h1-18,21-22,26H,19-20,23-25,43H2,(H,44,47). The summed E-state index contributed by atoms with van der Waals surface area (Å²) in [5.74, 6) is -0.0144. The molecular formula is C39H34F3N3O4. The highest BCUT2D eigenvalue weighted by Crippen LogP contribution is 2.35. The van der Waals surface area contributed by atoms with Crippen molar-refractivity contribution in [2.75, 3.05) is 4.90 Å². The number of alkyl halides is 3. The molecule has 5 aromatic rings. The van der Waals surface area contributed by atoms with Crippen LogP contribution in [0.4, 0.5) is 18.9 Å². The van der Waals surface area contributed by atoms with E-state index in [2.05, 4.69) is 5.32 Å². The molecule has 250 valence electrons. The molecule has 7 nitrogen and oxygen atoms in total. The summed E-state index contributed by atoms with van der Waals surface area (Å²) in [6.45, 7) is 0.132.